The van der Waals surface area contributed by atoms with Gasteiger partial charge in [0.15, 0.2) is 17.2 Å². The molecule has 0 fully saturated rings. The van der Waals surface area contributed by atoms with Crippen LogP contribution in [-0.4, -0.2) is 16.5 Å². The molecule has 1 aromatic carbocycles. The number of pyridine rings is 1. The Morgan fingerprint density at radius 1 is 1.19 bits per heavy atom. The number of nitrogens with two attached hydrogens (primary N) is 1. The summed E-state index contributed by atoms with van der Waals surface area (Å²) in [5.41, 5.74) is 8.31. The monoisotopic (exact) mass is 279 g/mol. The molecule has 0 atom stereocenters. The topological polar surface area (TPSA) is 65.7 Å². The Bertz CT molecular complexity index is 920. The van der Waals surface area contributed by atoms with Gasteiger partial charge in [-0.2, -0.15) is 0 Å². The maximum absolute atomic E-state index is 6.20. The molecule has 0 aliphatic heterocycles. The first-order valence-corrected chi connectivity index (χ1v) is 6.57. The number of benzene rings is 1. The van der Waals surface area contributed by atoms with Crippen molar-refractivity contribution in [3.05, 3.63) is 48.7 Å². The van der Waals surface area contributed by atoms with E-state index in [9.17, 15) is 0 Å². The van der Waals surface area contributed by atoms with Crippen LogP contribution in [0.15, 0.2) is 53.1 Å². The van der Waals surface area contributed by atoms with Crippen molar-refractivity contribution in [2.24, 2.45) is 0 Å². The number of para-hydroxylation sites is 1. The number of nitrogens with zero attached hydrogens (tertiary/aromatic N) is 2. The lowest BCUT2D eigenvalue weighted by Crippen LogP contribution is -1.94. The molecule has 0 unspecified atom stereocenters. The fourth-order valence-electron chi connectivity index (χ4n) is 2.50. The highest BCUT2D eigenvalue weighted by Gasteiger charge is 2.17. The Balaban J connectivity index is 1.99. The van der Waals surface area contributed by atoms with Crippen LogP contribution in [0.1, 0.15) is 0 Å². The molecule has 0 spiro atoms. The van der Waals surface area contributed by atoms with Gasteiger partial charge in [-0.15, -0.1) is 0 Å². The number of imidazole rings is 1. The third kappa shape index (κ3) is 1.67. The summed E-state index contributed by atoms with van der Waals surface area (Å²) in [6.45, 7) is 0. The van der Waals surface area contributed by atoms with Gasteiger partial charge in [0, 0.05) is 11.6 Å². The van der Waals surface area contributed by atoms with E-state index in [2.05, 4.69) is 4.98 Å². The van der Waals surface area contributed by atoms with Crippen LogP contribution in [0, 0.1) is 0 Å². The van der Waals surface area contributed by atoms with Crippen LogP contribution in [-0.2, 0) is 0 Å². The van der Waals surface area contributed by atoms with Crippen molar-refractivity contribution in [3.8, 4) is 17.2 Å². The number of ether oxygens (including phenoxy) is 1. The Morgan fingerprint density at radius 3 is 2.86 bits per heavy atom. The fraction of sp³-hybridized carbons (Fsp3) is 0.0625. The van der Waals surface area contributed by atoms with E-state index in [1.807, 2.05) is 48.7 Å². The van der Waals surface area contributed by atoms with Gasteiger partial charge in [-0.05, 0) is 24.3 Å². The van der Waals surface area contributed by atoms with E-state index in [1.165, 1.54) is 0 Å². The van der Waals surface area contributed by atoms with E-state index >= 15 is 0 Å². The van der Waals surface area contributed by atoms with Crippen LogP contribution in [0.4, 0.5) is 5.82 Å². The lowest BCUT2D eigenvalue weighted by atomic mass is 10.2. The molecule has 0 bridgehead atoms. The van der Waals surface area contributed by atoms with Crippen molar-refractivity contribution in [1.29, 1.82) is 0 Å². The van der Waals surface area contributed by atoms with Gasteiger partial charge in [0.1, 0.15) is 17.1 Å². The minimum Gasteiger partial charge on any atom is -0.493 e. The Morgan fingerprint density at radius 2 is 2.05 bits per heavy atom. The molecule has 4 rings (SSSR count). The van der Waals surface area contributed by atoms with Gasteiger partial charge >= 0.3 is 0 Å². The zero-order valence-corrected chi connectivity index (χ0v) is 11.4. The molecule has 2 N–H and O–H groups in total. The summed E-state index contributed by atoms with van der Waals surface area (Å²) in [5.74, 6) is 1.86. The molecular formula is C16H13N3O2. The molecule has 5 nitrogen and oxygen atoms in total. The molecule has 21 heavy (non-hydrogen) atoms. The zero-order chi connectivity index (χ0) is 14.4. The molecule has 104 valence electrons. The Labute approximate surface area is 120 Å². The minimum absolute atomic E-state index is 0.531. The average molecular weight is 279 g/mol. The van der Waals surface area contributed by atoms with E-state index < -0.39 is 0 Å². The first kappa shape index (κ1) is 11.8. The lowest BCUT2D eigenvalue weighted by molar-refractivity contribution is 0.417. The number of nitrogen functional groups attached to an aromatic ring is 1. The summed E-state index contributed by atoms with van der Waals surface area (Å²) in [7, 11) is 1.61. The zero-order valence-electron chi connectivity index (χ0n) is 11.4. The highest BCUT2D eigenvalue weighted by molar-refractivity contribution is 5.85. The summed E-state index contributed by atoms with van der Waals surface area (Å²) >= 11 is 0. The standard InChI is InChI=1S/C16H13N3O2/c1-20-12-7-4-8-19-15(17)14(18-16(12)19)13-9-10-5-2-3-6-11(10)21-13/h2-9H,17H2,1H3. The first-order valence-electron chi connectivity index (χ1n) is 6.57. The van der Waals surface area contributed by atoms with Gasteiger partial charge in [-0.25, -0.2) is 4.98 Å². The SMILES string of the molecule is COc1cccn2c(N)c(-c3cc4ccccc4o3)nc12. The van der Waals surface area contributed by atoms with Gasteiger partial charge in [0.05, 0.1) is 7.11 Å². The van der Waals surface area contributed by atoms with Crippen molar-refractivity contribution in [1.82, 2.24) is 9.38 Å². The largest absolute Gasteiger partial charge is 0.493 e. The summed E-state index contributed by atoms with van der Waals surface area (Å²) in [4.78, 5) is 4.57. The van der Waals surface area contributed by atoms with Crippen LogP contribution >= 0.6 is 0 Å². The molecule has 0 radical (unpaired) electrons. The molecule has 3 aromatic heterocycles. The second-order valence-corrected chi connectivity index (χ2v) is 4.76. The predicted octanol–water partition coefficient (Wildman–Crippen LogP) is 3.34. The van der Waals surface area contributed by atoms with Gasteiger partial charge in [0.25, 0.3) is 0 Å². The highest BCUT2D eigenvalue weighted by atomic mass is 16.5. The molecule has 0 saturated heterocycles. The van der Waals surface area contributed by atoms with Crippen LogP contribution in [0.3, 0.4) is 0 Å². The van der Waals surface area contributed by atoms with Crippen molar-refractivity contribution >= 4 is 22.4 Å². The maximum Gasteiger partial charge on any atom is 0.182 e. The summed E-state index contributed by atoms with van der Waals surface area (Å²) < 4.78 is 13.0. The normalized spacial score (nSPS) is 11.3. The van der Waals surface area contributed by atoms with Crippen LogP contribution in [0.2, 0.25) is 0 Å². The summed E-state index contributed by atoms with van der Waals surface area (Å²) in [5, 5.41) is 1.02. The van der Waals surface area contributed by atoms with Gasteiger partial charge < -0.3 is 14.9 Å². The quantitative estimate of drug-likeness (QED) is 0.611. The molecule has 4 aromatic rings. The van der Waals surface area contributed by atoms with E-state index in [-0.39, 0.29) is 0 Å². The van der Waals surface area contributed by atoms with Crippen molar-refractivity contribution in [3.63, 3.8) is 0 Å². The number of aromatic nitrogens is 2. The number of methoxy groups -OCH3 is 1. The number of furan rings is 1. The molecule has 3 heterocycles. The molecule has 0 saturated carbocycles. The highest BCUT2D eigenvalue weighted by Crippen LogP contribution is 2.33. The third-order valence-electron chi connectivity index (χ3n) is 3.53. The third-order valence-corrected chi connectivity index (χ3v) is 3.53. The fourth-order valence-corrected chi connectivity index (χ4v) is 2.50. The average Bonchev–Trinajstić information content (AvgIpc) is 3.08. The second-order valence-electron chi connectivity index (χ2n) is 4.76. The number of fused-ring (bicyclic) bond motifs is 2. The number of hydrogen-bond acceptors (Lipinski definition) is 4. The Kier molecular flexibility index (Phi) is 2.41. The Hall–Kier alpha value is -2.95. The molecule has 5 heteroatoms. The van der Waals surface area contributed by atoms with E-state index in [0.29, 0.717) is 28.7 Å². The van der Waals surface area contributed by atoms with Crippen LogP contribution in [0.5, 0.6) is 5.75 Å². The van der Waals surface area contributed by atoms with Crippen LogP contribution < -0.4 is 10.5 Å². The van der Waals surface area contributed by atoms with Crippen molar-refractivity contribution in [2.45, 2.75) is 0 Å². The molecule has 0 aliphatic rings. The molecule has 0 amide bonds. The number of hydrogen-bond donors (Lipinski definition) is 1. The predicted molar refractivity (Wildman–Crippen MR) is 81.4 cm³/mol. The lowest BCUT2D eigenvalue weighted by Gasteiger charge is -2.01. The number of anilines is 1. The first-order chi connectivity index (χ1) is 10.3. The van der Waals surface area contributed by atoms with E-state index in [0.717, 1.165) is 11.0 Å². The van der Waals surface area contributed by atoms with Gasteiger partial charge in [0.2, 0.25) is 0 Å². The summed E-state index contributed by atoms with van der Waals surface area (Å²) in [6, 6.07) is 13.5. The molecular weight excluding hydrogens is 266 g/mol. The second kappa shape index (κ2) is 4.28. The van der Waals surface area contributed by atoms with Gasteiger partial charge in [-0.1, -0.05) is 18.2 Å². The number of rotatable bonds is 2. The van der Waals surface area contributed by atoms with Crippen molar-refractivity contribution < 1.29 is 9.15 Å². The summed E-state index contributed by atoms with van der Waals surface area (Å²) in [6.07, 6.45) is 1.85. The maximum atomic E-state index is 6.20. The minimum atomic E-state index is 0.531. The van der Waals surface area contributed by atoms with Crippen molar-refractivity contribution in [2.75, 3.05) is 12.8 Å². The molecule has 0 aliphatic carbocycles. The van der Waals surface area contributed by atoms with E-state index in [4.69, 9.17) is 14.9 Å². The smallest absolute Gasteiger partial charge is 0.182 e. The van der Waals surface area contributed by atoms with Crippen LogP contribution in [0.25, 0.3) is 28.1 Å². The van der Waals surface area contributed by atoms with Gasteiger partial charge in [-0.3, -0.25) is 4.40 Å². The van der Waals surface area contributed by atoms with E-state index in [1.54, 1.807) is 11.5 Å².